The van der Waals surface area contributed by atoms with E-state index in [0.717, 1.165) is 16.7 Å². The van der Waals surface area contributed by atoms with E-state index in [2.05, 4.69) is 11.6 Å². The van der Waals surface area contributed by atoms with E-state index >= 15 is 0 Å². The monoisotopic (exact) mass is 692 g/mol. The Bertz CT molecular complexity index is 2050. The number of methoxy groups -OCH3 is 1. The molecule has 0 amide bonds. The minimum absolute atomic E-state index is 0.159. The number of aromatic nitrogens is 1. The van der Waals surface area contributed by atoms with Crippen molar-refractivity contribution in [2.24, 2.45) is 4.99 Å². The number of carbonyl (C=O) groups is 1. The molecule has 2 heterocycles. The first-order chi connectivity index (χ1) is 22.7. The van der Waals surface area contributed by atoms with Crippen molar-refractivity contribution in [3.05, 3.63) is 131 Å². The van der Waals surface area contributed by atoms with Gasteiger partial charge < -0.3 is 18.9 Å². The average molecular weight is 694 g/mol. The molecular weight excluding hydrogens is 659 g/mol. The van der Waals surface area contributed by atoms with Crippen LogP contribution in [-0.4, -0.2) is 30.9 Å². The van der Waals surface area contributed by atoms with Gasteiger partial charge in [0.15, 0.2) is 16.3 Å². The Morgan fingerprint density at radius 2 is 1.83 bits per heavy atom. The lowest BCUT2D eigenvalue weighted by Gasteiger charge is -2.26. The second kappa shape index (κ2) is 15.1. The van der Waals surface area contributed by atoms with Crippen molar-refractivity contribution in [3.63, 3.8) is 0 Å². The van der Waals surface area contributed by atoms with E-state index < -0.39 is 12.0 Å². The average Bonchev–Trinajstić information content (AvgIpc) is 3.34. The maximum absolute atomic E-state index is 14.2. The van der Waals surface area contributed by atoms with E-state index in [9.17, 15) is 9.59 Å². The smallest absolute Gasteiger partial charge is 0.338 e. The molecule has 47 heavy (non-hydrogen) atoms. The number of allylic oxidation sites excluding steroid dienone is 2. The minimum Gasteiger partial charge on any atom is -0.496 e. The molecule has 0 saturated carbocycles. The Kier molecular flexibility index (Phi) is 10.9. The number of hydrogen-bond donors (Lipinski definition) is 0. The number of ether oxygens (including phenoxy) is 4. The molecule has 0 radical (unpaired) electrons. The summed E-state index contributed by atoms with van der Waals surface area (Å²) in [5, 5.41) is 1.04. The van der Waals surface area contributed by atoms with Crippen LogP contribution in [0.25, 0.3) is 6.08 Å². The fourth-order valence-electron chi connectivity index (χ4n) is 5.42. The topological polar surface area (TPSA) is 88.4 Å². The van der Waals surface area contributed by atoms with Crippen LogP contribution in [0, 0.1) is 0 Å². The molecule has 0 spiro atoms. The van der Waals surface area contributed by atoms with Crippen LogP contribution < -0.4 is 29.1 Å². The zero-order valence-electron chi connectivity index (χ0n) is 26.5. The first-order valence-electron chi connectivity index (χ1n) is 15.0. The van der Waals surface area contributed by atoms with E-state index in [1.165, 1.54) is 23.0 Å². The molecule has 1 aromatic heterocycles. The van der Waals surface area contributed by atoms with Gasteiger partial charge in [-0.25, -0.2) is 9.79 Å². The van der Waals surface area contributed by atoms with Crippen molar-refractivity contribution in [1.82, 2.24) is 4.57 Å². The van der Waals surface area contributed by atoms with Crippen LogP contribution in [0.3, 0.4) is 0 Å². The molecule has 1 aliphatic rings. The highest BCUT2D eigenvalue weighted by molar-refractivity contribution is 7.07. The molecule has 3 aromatic carbocycles. The zero-order chi connectivity index (χ0) is 33.7. The van der Waals surface area contributed by atoms with Gasteiger partial charge in [-0.2, -0.15) is 0 Å². The number of benzene rings is 3. The lowest BCUT2D eigenvalue weighted by molar-refractivity contribution is -0.139. The Morgan fingerprint density at radius 1 is 1.04 bits per heavy atom. The van der Waals surface area contributed by atoms with Crippen molar-refractivity contribution in [2.75, 3.05) is 20.3 Å². The van der Waals surface area contributed by atoms with E-state index in [4.69, 9.17) is 42.1 Å². The van der Waals surface area contributed by atoms with Crippen molar-refractivity contribution < 1.29 is 23.7 Å². The highest BCUT2D eigenvalue weighted by Crippen LogP contribution is 2.38. The van der Waals surface area contributed by atoms with E-state index in [-0.39, 0.29) is 24.3 Å². The Morgan fingerprint density at radius 3 is 2.53 bits per heavy atom. The van der Waals surface area contributed by atoms with Gasteiger partial charge in [0.1, 0.15) is 18.4 Å². The highest BCUT2D eigenvalue weighted by atomic mass is 35.5. The third-order valence-corrected chi connectivity index (χ3v) is 9.04. The summed E-state index contributed by atoms with van der Waals surface area (Å²) in [6.07, 6.45) is 4.06. The first kappa shape index (κ1) is 34.0. The van der Waals surface area contributed by atoms with Gasteiger partial charge in [-0.3, -0.25) is 9.36 Å². The van der Waals surface area contributed by atoms with Crippen LogP contribution in [0.2, 0.25) is 10.0 Å². The highest BCUT2D eigenvalue weighted by Gasteiger charge is 2.35. The van der Waals surface area contributed by atoms with Crippen LogP contribution in [0.5, 0.6) is 17.2 Å². The van der Waals surface area contributed by atoms with Crippen LogP contribution >= 0.6 is 34.5 Å². The number of halogens is 2. The Labute approximate surface area is 286 Å². The molecule has 0 aliphatic carbocycles. The molecule has 0 saturated heterocycles. The molecule has 0 unspecified atom stereocenters. The maximum Gasteiger partial charge on any atom is 0.338 e. The predicted molar refractivity (Wildman–Crippen MR) is 186 cm³/mol. The fraction of sp³-hybridized carbons (Fsp3) is 0.250. The van der Waals surface area contributed by atoms with Crippen LogP contribution in [-0.2, 0) is 22.6 Å². The lowest BCUT2D eigenvalue weighted by Crippen LogP contribution is -2.40. The number of rotatable bonds is 12. The lowest BCUT2D eigenvalue weighted by atomic mass is 9.95. The van der Waals surface area contributed by atoms with Crippen LogP contribution in [0.15, 0.2) is 88.3 Å². The quantitative estimate of drug-likeness (QED) is 0.120. The van der Waals surface area contributed by atoms with Crippen molar-refractivity contribution in [2.45, 2.75) is 39.8 Å². The van der Waals surface area contributed by atoms with Crippen molar-refractivity contribution in [3.8, 4) is 17.2 Å². The van der Waals surface area contributed by atoms with Crippen molar-refractivity contribution >= 4 is 46.6 Å². The largest absolute Gasteiger partial charge is 0.496 e. The summed E-state index contributed by atoms with van der Waals surface area (Å²) in [6, 6.07) is 15.5. The fourth-order valence-corrected chi connectivity index (χ4v) is 6.84. The summed E-state index contributed by atoms with van der Waals surface area (Å²) < 4.78 is 25.3. The number of hydrogen-bond acceptors (Lipinski definition) is 8. The standard InChI is InChI=1S/C36H34Cl2N2O6S/c1-6-11-23-16-22(17-29(44-7-2)33(23)46-20-24-12-9-10-13-27(24)38)18-30-34(41)40-32(26-19-25(37)14-15-28(26)43-5)31(35(42)45-8-3)21(4)39-36(40)47-30/h6,9-10,12-19,32H,1,7-8,11,20H2,2-5H3/b30-18-/t32-/m1/s1. The van der Waals surface area contributed by atoms with Crippen LogP contribution in [0.1, 0.15) is 49.1 Å². The molecule has 0 N–H and O–H groups in total. The molecule has 1 aliphatic heterocycles. The van der Waals surface area contributed by atoms with Gasteiger partial charge in [-0.15, -0.1) is 6.58 Å². The molecule has 5 rings (SSSR count). The molecule has 244 valence electrons. The number of nitrogens with zero attached hydrogens (tertiary/aromatic N) is 2. The van der Waals surface area contributed by atoms with Crippen molar-refractivity contribution in [1.29, 1.82) is 0 Å². The SMILES string of the molecule is C=CCc1cc(/C=c2\sc3n(c2=O)[C@H](c2cc(Cl)ccc2OC)C(C(=O)OCC)=C(C)N=3)cc(OCC)c1OCc1ccccc1Cl. The summed E-state index contributed by atoms with van der Waals surface area (Å²) in [7, 11) is 1.52. The molecule has 0 fully saturated rings. The third kappa shape index (κ3) is 7.17. The summed E-state index contributed by atoms with van der Waals surface area (Å²) in [6.45, 7) is 10.1. The summed E-state index contributed by atoms with van der Waals surface area (Å²) in [5.41, 5.74) is 3.27. The molecule has 1 atom stereocenters. The van der Waals surface area contributed by atoms with Gasteiger partial charge >= 0.3 is 5.97 Å². The van der Waals surface area contributed by atoms with E-state index in [1.807, 2.05) is 43.3 Å². The molecular formula is C36H34Cl2N2O6S. The van der Waals surface area contributed by atoms with Gasteiger partial charge in [0.25, 0.3) is 5.56 Å². The number of fused-ring (bicyclic) bond motifs is 1. The second-order valence-corrected chi connectivity index (χ2v) is 12.4. The van der Waals surface area contributed by atoms with Gasteiger partial charge in [-0.05, 0) is 75.2 Å². The van der Waals surface area contributed by atoms with Gasteiger partial charge in [0.2, 0.25) is 0 Å². The summed E-state index contributed by atoms with van der Waals surface area (Å²) in [5.74, 6) is 0.999. The number of carbonyl (C=O) groups excluding carboxylic acids is 1. The van der Waals surface area contributed by atoms with E-state index in [1.54, 1.807) is 44.2 Å². The van der Waals surface area contributed by atoms with Gasteiger partial charge in [0.05, 0.1) is 36.1 Å². The second-order valence-electron chi connectivity index (χ2n) is 10.5. The predicted octanol–water partition coefficient (Wildman–Crippen LogP) is 6.82. The van der Waals surface area contributed by atoms with Gasteiger partial charge in [-0.1, -0.05) is 58.8 Å². The van der Waals surface area contributed by atoms with Gasteiger partial charge in [0, 0.05) is 26.7 Å². The van der Waals surface area contributed by atoms with E-state index in [0.29, 0.717) is 60.9 Å². The molecule has 8 nitrogen and oxygen atoms in total. The molecule has 0 bridgehead atoms. The summed E-state index contributed by atoms with van der Waals surface area (Å²) in [4.78, 5) is 32.7. The summed E-state index contributed by atoms with van der Waals surface area (Å²) >= 11 is 14.0. The third-order valence-electron chi connectivity index (χ3n) is 7.45. The maximum atomic E-state index is 14.2. The Hall–Kier alpha value is -4.31. The molecule has 11 heteroatoms. The zero-order valence-corrected chi connectivity index (χ0v) is 28.8. The number of thiazole rings is 1. The normalized spacial score (nSPS) is 14.3. The Balaban J connectivity index is 1.66. The minimum atomic E-state index is -0.878. The molecule has 4 aromatic rings. The van der Waals surface area contributed by atoms with Crippen LogP contribution in [0.4, 0.5) is 0 Å². The first-order valence-corrected chi connectivity index (χ1v) is 16.6. The number of esters is 1.